The van der Waals surface area contributed by atoms with E-state index in [2.05, 4.69) is 10.3 Å². The highest BCUT2D eigenvalue weighted by molar-refractivity contribution is 5.74. The summed E-state index contributed by atoms with van der Waals surface area (Å²) in [7, 11) is 0. The van der Waals surface area contributed by atoms with Gasteiger partial charge in [0.15, 0.2) is 0 Å². The summed E-state index contributed by atoms with van der Waals surface area (Å²) in [4.78, 5) is 18.5. The molecule has 3 rings (SSSR count). The Morgan fingerprint density at radius 3 is 3.04 bits per heavy atom. The van der Waals surface area contributed by atoms with E-state index in [1.807, 2.05) is 42.2 Å². The number of benzene rings is 1. The maximum Gasteiger partial charge on any atom is 0.317 e. The summed E-state index contributed by atoms with van der Waals surface area (Å²) < 4.78 is 10.9. The van der Waals surface area contributed by atoms with Gasteiger partial charge in [0.05, 0.1) is 18.8 Å². The molecule has 0 spiro atoms. The summed E-state index contributed by atoms with van der Waals surface area (Å²) in [6.45, 7) is 5.32. The fourth-order valence-corrected chi connectivity index (χ4v) is 2.82. The predicted molar refractivity (Wildman–Crippen MR) is 90.3 cm³/mol. The van der Waals surface area contributed by atoms with Gasteiger partial charge >= 0.3 is 6.03 Å². The Morgan fingerprint density at radius 1 is 1.42 bits per heavy atom. The first-order valence-corrected chi connectivity index (χ1v) is 8.36. The third kappa shape index (κ3) is 4.14. The van der Waals surface area contributed by atoms with Crippen molar-refractivity contribution in [1.29, 1.82) is 0 Å². The lowest BCUT2D eigenvalue weighted by atomic mass is 10.1. The largest absolute Gasteiger partial charge is 0.444 e. The zero-order valence-corrected chi connectivity index (χ0v) is 13.9. The number of oxazole rings is 1. The van der Waals surface area contributed by atoms with E-state index >= 15 is 0 Å². The average Bonchev–Trinajstić information content (AvgIpc) is 3.28. The van der Waals surface area contributed by atoms with Crippen LogP contribution in [0.3, 0.4) is 0 Å². The number of hydrogen-bond donors (Lipinski definition) is 1. The van der Waals surface area contributed by atoms with Crippen LogP contribution in [0.2, 0.25) is 0 Å². The standard InChI is InChI=1S/C18H23N3O3/c1-2-23-12-14-8-9-21(11-14)18(22)19-10-16-13-24-17(20-16)15-6-4-3-5-7-15/h3-7,13-14H,2,8-12H2,1H3,(H,19,22)/t14-/m0/s1. The molecule has 2 amide bonds. The summed E-state index contributed by atoms with van der Waals surface area (Å²) >= 11 is 0. The molecule has 128 valence electrons. The van der Waals surface area contributed by atoms with Crippen molar-refractivity contribution in [3.8, 4) is 11.5 Å². The topological polar surface area (TPSA) is 67.6 Å². The van der Waals surface area contributed by atoms with Gasteiger partial charge in [0, 0.05) is 31.2 Å². The van der Waals surface area contributed by atoms with E-state index < -0.39 is 0 Å². The molecule has 6 heteroatoms. The fourth-order valence-electron chi connectivity index (χ4n) is 2.82. The first kappa shape index (κ1) is 16.5. The number of carbonyl (C=O) groups is 1. The quantitative estimate of drug-likeness (QED) is 0.885. The Morgan fingerprint density at radius 2 is 2.25 bits per heavy atom. The molecule has 2 heterocycles. The van der Waals surface area contributed by atoms with Gasteiger partial charge in [-0.1, -0.05) is 18.2 Å². The number of aromatic nitrogens is 1. The lowest BCUT2D eigenvalue weighted by Crippen LogP contribution is -2.38. The van der Waals surface area contributed by atoms with Gasteiger partial charge in [0.1, 0.15) is 6.26 Å². The summed E-state index contributed by atoms with van der Waals surface area (Å²) in [6, 6.07) is 9.65. The molecule has 1 N–H and O–H groups in total. The Hall–Kier alpha value is -2.34. The van der Waals surface area contributed by atoms with E-state index in [0.29, 0.717) is 24.0 Å². The molecular weight excluding hydrogens is 306 g/mol. The Bertz CT molecular complexity index is 657. The minimum Gasteiger partial charge on any atom is -0.444 e. The van der Waals surface area contributed by atoms with E-state index in [9.17, 15) is 4.79 Å². The molecule has 6 nitrogen and oxygen atoms in total. The van der Waals surface area contributed by atoms with Crippen molar-refractivity contribution in [3.05, 3.63) is 42.3 Å². The van der Waals surface area contributed by atoms with Crippen LogP contribution in [0.5, 0.6) is 0 Å². The molecule has 1 saturated heterocycles. The number of rotatable bonds is 6. The molecule has 0 unspecified atom stereocenters. The van der Waals surface area contributed by atoms with Gasteiger partial charge in [0.2, 0.25) is 5.89 Å². The van der Waals surface area contributed by atoms with Gasteiger partial charge in [-0.15, -0.1) is 0 Å². The Balaban J connectivity index is 1.48. The second kappa shape index (κ2) is 7.97. The van der Waals surface area contributed by atoms with E-state index in [1.54, 1.807) is 6.26 Å². The fraction of sp³-hybridized carbons (Fsp3) is 0.444. The first-order valence-electron chi connectivity index (χ1n) is 8.36. The molecule has 0 bridgehead atoms. The molecule has 1 aromatic heterocycles. The zero-order valence-electron chi connectivity index (χ0n) is 13.9. The zero-order chi connectivity index (χ0) is 16.8. The lowest BCUT2D eigenvalue weighted by Gasteiger charge is -2.16. The Labute approximate surface area is 141 Å². The van der Waals surface area contributed by atoms with Crippen LogP contribution in [0.25, 0.3) is 11.5 Å². The minimum atomic E-state index is -0.0572. The van der Waals surface area contributed by atoms with Gasteiger partial charge in [-0.05, 0) is 25.5 Å². The highest BCUT2D eigenvalue weighted by Crippen LogP contribution is 2.19. The monoisotopic (exact) mass is 329 g/mol. The molecule has 0 radical (unpaired) electrons. The maximum absolute atomic E-state index is 12.2. The molecule has 1 aliphatic rings. The van der Waals surface area contributed by atoms with Crippen molar-refractivity contribution in [2.45, 2.75) is 19.9 Å². The van der Waals surface area contributed by atoms with Crippen LogP contribution in [0.15, 0.2) is 41.0 Å². The molecule has 1 aliphatic heterocycles. The van der Waals surface area contributed by atoms with Crippen LogP contribution in [-0.4, -0.2) is 42.2 Å². The van der Waals surface area contributed by atoms with E-state index in [4.69, 9.17) is 9.15 Å². The minimum absolute atomic E-state index is 0.0572. The molecule has 1 aromatic carbocycles. The van der Waals surface area contributed by atoms with Crippen molar-refractivity contribution in [3.63, 3.8) is 0 Å². The summed E-state index contributed by atoms with van der Waals surface area (Å²) in [5.74, 6) is 1.00. The third-order valence-corrected chi connectivity index (χ3v) is 4.12. The van der Waals surface area contributed by atoms with Crippen LogP contribution in [0.1, 0.15) is 19.0 Å². The first-order chi connectivity index (χ1) is 11.8. The number of likely N-dealkylation sites (tertiary alicyclic amines) is 1. The van der Waals surface area contributed by atoms with Crippen molar-refractivity contribution >= 4 is 6.03 Å². The number of nitrogens with zero attached hydrogens (tertiary/aromatic N) is 2. The number of urea groups is 1. The SMILES string of the molecule is CCOC[C@H]1CCN(C(=O)NCc2coc(-c3ccccc3)n2)C1. The van der Waals surface area contributed by atoms with Crippen LogP contribution < -0.4 is 5.32 Å². The molecule has 24 heavy (non-hydrogen) atoms. The van der Waals surface area contributed by atoms with Crippen LogP contribution in [-0.2, 0) is 11.3 Å². The van der Waals surface area contributed by atoms with Gasteiger partial charge in [0.25, 0.3) is 0 Å². The summed E-state index contributed by atoms with van der Waals surface area (Å²) in [5.41, 5.74) is 1.64. The highest BCUT2D eigenvalue weighted by atomic mass is 16.5. The Kier molecular flexibility index (Phi) is 5.48. The number of hydrogen-bond acceptors (Lipinski definition) is 4. The van der Waals surface area contributed by atoms with Crippen LogP contribution >= 0.6 is 0 Å². The van der Waals surface area contributed by atoms with E-state index in [1.165, 1.54) is 0 Å². The lowest BCUT2D eigenvalue weighted by molar-refractivity contribution is 0.113. The van der Waals surface area contributed by atoms with Crippen LogP contribution in [0, 0.1) is 5.92 Å². The van der Waals surface area contributed by atoms with Crippen molar-refractivity contribution in [1.82, 2.24) is 15.2 Å². The molecule has 1 atom stereocenters. The highest BCUT2D eigenvalue weighted by Gasteiger charge is 2.26. The average molecular weight is 329 g/mol. The van der Waals surface area contributed by atoms with Crippen molar-refractivity contribution in [2.24, 2.45) is 5.92 Å². The van der Waals surface area contributed by atoms with Crippen molar-refractivity contribution in [2.75, 3.05) is 26.3 Å². The molecule has 1 fully saturated rings. The molecule has 0 saturated carbocycles. The second-order valence-corrected chi connectivity index (χ2v) is 5.93. The normalized spacial score (nSPS) is 17.2. The molecule has 0 aliphatic carbocycles. The second-order valence-electron chi connectivity index (χ2n) is 5.93. The number of carbonyl (C=O) groups excluding carboxylic acids is 1. The van der Waals surface area contributed by atoms with Gasteiger partial charge in [-0.2, -0.15) is 0 Å². The summed E-state index contributed by atoms with van der Waals surface area (Å²) in [5, 5.41) is 2.91. The van der Waals surface area contributed by atoms with Gasteiger partial charge in [-0.25, -0.2) is 9.78 Å². The van der Waals surface area contributed by atoms with E-state index in [-0.39, 0.29) is 6.03 Å². The van der Waals surface area contributed by atoms with Gasteiger partial charge in [-0.3, -0.25) is 0 Å². The third-order valence-electron chi connectivity index (χ3n) is 4.12. The summed E-state index contributed by atoms with van der Waals surface area (Å²) in [6.07, 6.45) is 2.58. The van der Waals surface area contributed by atoms with Gasteiger partial charge < -0.3 is 19.4 Å². The predicted octanol–water partition coefficient (Wildman–Crippen LogP) is 2.91. The number of amides is 2. The maximum atomic E-state index is 12.2. The smallest absolute Gasteiger partial charge is 0.317 e. The van der Waals surface area contributed by atoms with Crippen LogP contribution in [0.4, 0.5) is 4.79 Å². The van der Waals surface area contributed by atoms with Crippen molar-refractivity contribution < 1.29 is 13.9 Å². The number of ether oxygens (including phenoxy) is 1. The molecular formula is C18H23N3O3. The number of nitrogens with one attached hydrogen (secondary N) is 1. The molecule has 2 aromatic rings. The van der Waals surface area contributed by atoms with E-state index in [0.717, 1.165) is 38.3 Å².